The van der Waals surface area contributed by atoms with Crippen LogP contribution in [0.1, 0.15) is 50.7 Å². The van der Waals surface area contributed by atoms with E-state index >= 15 is 0 Å². The molecule has 0 aromatic heterocycles. The molecule has 0 saturated carbocycles. The van der Waals surface area contributed by atoms with Crippen molar-refractivity contribution in [1.29, 1.82) is 0 Å². The number of benzene rings is 2. The second-order valence-corrected chi connectivity index (χ2v) is 5.71. The van der Waals surface area contributed by atoms with Gasteiger partial charge in [0.25, 0.3) is 0 Å². The Morgan fingerprint density at radius 3 is 2.52 bits per heavy atom. The van der Waals surface area contributed by atoms with Crippen molar-refractivity contribution in [3.05, 3.63) is 59.7 Å². The summed E-state index contributed by atoms with van der Waals surface area (Å²) in [5, 5.41) is 0. The smallest absolute Gasteiger partial charge is 0.145 e. The first-order valence-electron chi connectivity index (χ1n) is 8.68. The summed E-state index contributed by atoms with van der Waals surface area (Å²) >= 11 is 0. The van der Waals surface area contributed by atoms with Gasteiger partial charge in [0.15, 0.2) is 0 Å². The second kappa shape index (κ2) is 9.83. The second-order valence-electron chi connectivity index (χ2n) is 5.71. The Kier molecular flexibility index (Phi) is 7.38. The molecule has 2 heteroatoms. The van der Waals surface area contributed by atoms with E-state index in [4.69, 9.17) is 4.74 Å². The molecule has 0 heterocycles. The zero-order valence-electron chi connectivity index (χ0n) is 14.3. The summed E-state index contributed by atoms with van der Waals surface area (Å²) in [4.78, 5) is 4.60. The van der Waals surface area contributed by atoms with E-state index in [0.29, 0.717) is 6.61 Å². The molecule has 2 rings (SSSR count). The molecule has 0 bridgehead atoms. The average Bonchev–Trinajstić information content (AvgIpc) is 2.59. The van der Waals surface area contributed by atoms with Crippen molar-refractivity contribution in [2.45, 2.75) is 46.0 Å². The van der Waals surface area contributed by atoms with Gasteiger partial charge < -0.3 is 4.74 Å². The number of hydrogen-bond acceptors (Lipinski definition) is 2. The Bertz CT molecular complexity index is 604. The molecule has 122 valence electrons. The minimum Gasteiger partial charge on any atom is -0.492 e. The first-order valence-corrected chi connectivity index (χ1v) is 8.68. The van der Waals surface area contributed by atoms with Crippen LogP contribution in [0, 0.1) is 0 Å². The minimum atomic E-state index is 0.660. The maximum absolute atomic E-state index is 5.78. The van der Waals surface area contributed by atoms with Crippen LogP contribution in [0.5, 0.6) is 5.75 Å². The zero-order chi connectivity index (χ0) is 16.3. The highest BCUT2D eigenvalue weighted by molar-refractivity contribution is 5.82. The average molecular weight is 309 g/mol. The predicted molar refractivity (Wildman–Crippen MR) is 99.2 cm³/mol. The molecule has 2 aromatic carbocycles. The van der Waals surface area contributed by atoms with Crippen LogP contribution in [0.4, 0.5) is 5.69 Å². The number of unbranched alkanes of at least 4 members (excludes halogenated alkanes) is 3. The van der Waals surface area contributed by atoms with Gasteiger partial charge in [-0.2, -0.15) is 0 Å². The van der Waals surface area contributed by atoms with Crippen LogP contribution in [-0.4, -0.2) is 12.8 Å². The molecule has 23 heavy (non-hydrogen) atoms. The van der Waals surface area contributed by atoms with E-state index in [1.165, 1.54) is 31.2 Å². The van der Waals surface area contributed by atoms with Crippen molar-refractivity contribution in [3.8, 4) is 5.75 Å². The van der Waals surface area contributed by atoms with Crippen molar-refractivity contribution < 1.29 is 4.74 Å². The van der Waals surface area contributed by atoms with Gasteiger partial charge in [0.2, 0.25) is 0 Å². The molecule has 0 unspecified atom stereocenters. The maximum atomic E-state index is 5.78. The van der Waals surface area contributed by atoms with Gasteiger partial charge >= 0.3 is 0 Å². The quantitative estimate of drug-likeness (QED) is 0.414. The Morgan fingerprint density at radius 2 is 1.78 bits per heavy atom. The molecule has 0 amide bonds. The Labute approximate surface area is 140 Å². The Morgan fingerprint density at radius 1 is 0.957 bits per heavy atom. The monoisotopic (exact) mass is 309 g/mol. The SMILES string of the molecule is CCCCCCc1ccc(N=Cc2ccccc2)c(OCC)c1. The molecule has 0 radical (unpaired) electrons. The lowest BCUT2D eigenvalue weighted by Gasteiger charge is -2.09. The summed E-state index contributed by atoms with van der Waals surface area (Å²) in [6.07, 6.45) is 8.14. The summed E-state index contributed by atoms with van der Waals surface area (Å²) in [6, 6.07) is 16.5. The summed E-state index contributed by atoms with van der Waals surface area (Å²) in [5.41, 5.74) is 3.33. The molecule has 0 fully saturated rings. The summed E-state index contributed by atoms with van der Waals surface area (Å²) < 4.78 is 5.78. The molecule has 2 nitrogen and oxygen atoms in total. The fraction of sp³-hybridized carbons (Fsp3) is 0.381. The molecular weight excluding hydrogens is 282 g/mol. The van der Waals surface area contributed by atoms with Gasteiger partial charge in [0, 0.05) is 6.21 Å². The highest BCUT2D eigenvalue weighted by Crippen LogP contribution is 2.29. The van der Waals surface area contributed by atoms with Crippen LogP contribution in [0.15, 0.2) is 53.5 Å². The van der Waals surface area contributed by atoms with Gasteiger partial charge in [0.1, 0.15) is 11.4 Å². The van der Waals surface area contributed by atoms with Gasteiger partial charge in [0.05, 0.1) is 6.61 Å². The number of rotatable bonds is 9. The molecule has 0 aliphatic rings. The van der Waals surface area contributed by atoms with Gasteiger partial charge in [-0.3, -0.25) is 4.99 Å². The van der Waals surface area contributed by atoms with Crippen LogP contribution >= 0.6 is 0 Å². The lowest BCUT2D eigenvalue weighted by Crippen LogP contribution is -1.94. The normalized spacial score (nSPS) is 11.0. The Hall–Kier alpha value is -2.09. The molecule has 0 aliphatic carbocycles. The standard InChI is InChI=1S/C21H27NO/c1-3-5-6-8-11-18-14-15-20(21(16-18)23-4-2)22-17-19-12-9-7-10-13-19/h7,9-10,12-17H,3-6,8,11H2,1-2H3. The molecule has 0 atom stereocenters. The van der Waals surface area contributed by atoms with E-state index in [1.807, 2.05) is 43.5 Å². The largest absolute Gasteiger partial charge is 0.492 e. The van der Waals surface area contributed by atoms with Gasteiger partial charge in [-0.1, -0.05) is 62.6 Å². The van der Waals surface area contributed by atoms with Crippen molar-refractivity contribution in [2.75, 3.05) is 6.61 Å². The minimum absolute atomic E-state index is 0.660. The lowest BCUT2D eigenvalue weighted by atomic mass is 10.1. The summed E-state index contributed by atoms with van der Waals surface area (Å²) in [5.74, 6) is 0.882. The van der Waals surface area contributed by atoms with Gasteiger partial charge in [-0.05, 0) is 43.0 Å². The van der Waals surface area contributed by atoms with E-state index in [2.05, 4.69) is 30.1 Å². The number of hydrogen-bond donors (Lipinski definition) is 0. The van der Waals surface area contributed by atoms with E-state index in [9.17, 15) is 0 Å². The number of aryl methyl sites for hydroxylation is 1. The first-order chi connectivity index (χ1) is 11.3. The van der Waals surface area contributed by atoms with E-state index in [-0.39, 0.29) is 0 Å². The van der Waals surface area contributed by atoms with Crippen molar-refractivity contribution >= 4 is 11.9 Å². The Balaban J connectivity index is 2.08. The van der Waals surface area contributed by atoms with E-state index in [1.54, 1.807) is 0 Å². The van der Waals surface area contributed by atoms with Crippen LogP contribution < -0.4 is 4.74 Å². The van der Waals surface area contributed by atoms with Crippen molar-refractivity contribution in [3.63, 3.8) is 0 Å². The third kappa shape index (κ3) is 5.90. The lowest BCUT2D eigenvalue weighted by molar-refractivity contribution is 0.341. The van der Waals surface area contributed by atoms with Gasteiger partial charge in [-0.25, -0.2) is 0 Å². The van der Waals surface area contributed by atoms with Gasteiger partial charge in [-0.15, -0.1) is 0 Å². The third-order valence-electron chi connectivity index (χ3n) is 3.80. The number of aliphatic imine (C=N–C) groups is 1. The molecule has 2 aromatic rings. The fourth-order valence-electron chi connectivity index (χ4n) is 2.53. The zero-order valence-corrected chi connectivity index (χ0v) is 14.3. The highest BCUT2D eigenvalue weighted by atomic mass is 16.5. The van der Waals surface area contributed by atoms with E-state index in [0.717, 1.165) is 23.4 Å². The summed E-state index contributed by atoms with van der Waals surface area (Å²) in [6.45, 7) is 4.92. The molecule has 0 spiro atoms. The maximum Gasteiger partial charge on any atom is 0.145 e. The van der Waals surface area contributed by atoms with E-state index < -0.39 is 0 Å². The fourth-order valence-corrected chi connectivity index (χ4v) is 2.53. The third-order valence-corrected chi connectivity index (χ3v) is 3.80. The predicted octanol–water partition coefficient (Wildman–Crippen LogP) is 5.96. The molecule has 0 aliphatic heterocycles. The molecular formula is C21H27NO. The highest BCUT2D eigenvalue weighted by Gasteiger charge is 2.04. The van der Waals surface area contributed by atoms with Crippen LogP contribution in [0.2, 0.25) is 0 Å². The topological polar surface area (TPSA) is 21.6 Å². The molecule has 0 saturated heterocycles. The van der Waals surface area contributed by atoms with Crippen LogP contribution in [0.25, 0.3) is 0 Å². The van der Waals surface area contributed by atoms with Crippen molar-refractivity contribution in [2.24, 2.45) is 4.99 Å². The number of nitrogens with zero attached hydrogens (tertiary/aromatic N) is 1. The molecule has 0 N–H and O–H groups in total. The van der Waals surface area contributed by atoms with Crippen LogP contribution in [-0.2, 0) is 6.42 Å². The summed E-state index contributed by atoms with van der Waals surface area (Å²) in [7, 11) is 0. The first kappa shape index (κ1) is 17.3. The van der Waals surface area contributed by atoms with Crippen molar-refractivity contribution in [1.82, 2.24) is 0 Å². The van der Waals surface area contributed by atoms with Crippen LogP contribution in [0.3, 0.4) is 0 Å². The number of ether oxygens (including phenoxy) is 1.